The zero-order valence-corrected chi connectivity index (χ0v) is 23.4. The van der Waals surface area contributed by atoms with Crippen LogP contribution in [-0.4, -0.2) is 14.5 Å². The highest BCUT2D eigenvalue weighted by Crippen LogP contribution is 2.39. The fraction of sp³-hybridized carbons (Fsp3) is 0. The van der Waals surface area contributed by atoms with Gasteiger partial charge in [0, 0.05) is 33.2 Å². The highest BCUT2D eigenvalue weighted by Gasteiger charge is 2.16. The average molecular weight is 550 g/mol. The second-order valence-corrected chi connectivity index (χ2v) is 10.7. The molecule has 43 heavy (non-hydrogen) atoms. The number of aromatic nitrogens is 3. The van der Waals surface area contributed by atoms with Crippen molar-refractivity contribution in [1.29, 1.82) is 0 Å². The lowest BCUT2D eigenvalue weighted by Gasteiger charge is -2.11. The van der Waals surface area contributed by atoms with Gasteiger partial charge in [0.2, 0.25) is 0 Å². The van der Waals surface area contributed by atoms with Crippen LogP contribution in [0, 0.1) is 0 Å². The van der Waals surface area contributed by atoms with Gasteiger partial charge < -0.3 is 4.57 Å². The third-order valence-corrected chi connectivity index (χ3v) is 8.03. The third-order valence-electron chi connectivity index (χ3n) is 8.03. The van der Waals surface area contributed by atoms with Crippen LogP contribution in [-0.2, 0) is 0 Å². The van der Waals surface area contributed by atoms with E-state index in [1.807, 2.05) is 36.4 Å². The number of benzene rings is 6. The number of rotatable bonds is 5. The molecule has 3 nitrogen and oxygen atoms in total. The number of hydrogen-bond donors (Lipinski definition) is 0. The van der Waals surface area contributed by atoms with Gasteiger partial charge in [-0.05, 0) is 41.5 Å². The second kappa shape index (κ2) is 10.6. The van der Waals surface area contributed by atoms with Crippen LogP contribution in [0.1, 0.15) is 0 Å². The minimum atomic E-state index is 0.722. The van der Waals surface area contributed by atoms with Crippen molar-refractivity contribution in [3.8, 4) is 50.7 Å². The Hall–Kier alpha value is -5.80. The Bertz CT molecular complexity index is 2140. The van der Waals surface area contributed by atoms with E-state index in [4.69, 9.17) is 9.97 Å². The smallest absolute Gasteiger partial charge is 0.160 e. The van der Waals surface area contributed by atoms with Crippen LogP contribution in [0.3, 0.4) is 0 Å². The van der Waals surface area contributed by atoms with Gasteiger partial charge >= 0.3 is 0 Å². The SMILES string of the molecule is c1ccc(-c2cc(-c3ccc(-c4cccc5c4c4ccccc4n5-c4ccccc4)cc3)nc(-c3ccccc3)n2)cc1. The molecule has 0 unspecified atom stereocenters. The Labute approximate surface area is 250 Å². The molecule has 0 radical (unpaired) electrons. The molecule has 0 spiro atoms. The zero-order chi connectivity index (χ0) is 28.6. The molecule has 2 aromatic heterocycles. The van der Waals surface area contributed by atoms with Gasteiger partial charge in [-0.2, -0.15) is 0 Å². The maximum absolute atomic E-state index is 5.02. The molecule has 3 heteroatoms. The topological polar surface area (TPSA) is 30.7 Å². The van der Waals surface area contributed by atoms with Crippen LogP contribution >= 0.6 is 0 Å². The van der Waals surface area contributed by atoms with Crippen LogP contribution in [0.4, 0.5) is 0 Å². The second-order valence-electron chi connectivity index (χ2n) is 10.7. The fourth-order valence-corrected chi connectivity index (χ4v) is 6.00. The molecule has 0 atom stereocenters. The van der Waals surface area contributed by atoms with E-state index in [1.54, 1.807) is 0 Å². The first-order valence-corrected chi connectivity index (χ1v) is 14.5. The summed E-state index contributed by atoms with van der Waals surface area (Å²) < 4.78 is 2.36. The zero-order valence-electron chi connectivity index (χ0n) is 23.4. The molecule has 6 aromatic carbocycles. The number of hydrogen-bond acceptors (Lipinski definition) is 2. The summed E-state index contributed by atoms with van der Waals surface area (Å²) in [5, 5.41) is 2.51. The van der Waals surface area contributed by atoms with E-state index in [1.165, 1.54) is 32.9 Å². The first-order chi connectivity index (χ1) is 21.3. The predicted octanol–water partition coefficient (Wildman–Crippen LogP) is 10.2. The van der Waals surface area contributed by atoms with Crippen LogP contribution < -0.4 is 0 Å². The fourth-order valence-electron chi connectivity index (χ4n) is 6.00. The molecule has 8 aromatic rings. The van der Waals surface area contributed by atoms with Gasteiger partial charge in [0.15, 0.2) is 5.82 Å². The average Bonchev–Trinajstić information content (AvgIpc) is 3.44. The molecule has 0 saturated heterocycles. The van der Waals surface area contributed by atoms with E-state index in [0.717, 1.165) is 39.6 Å². The van der Waals surface area contributed by atoms with Gasteiger partial charge in [-0.25, -0.2) is 9.97 Å². The summed E-state index contributed by atoms with van der Waals surface area (Å²) in [6.07, 6.45) is 0. The Kier molecular flexibility index (Phi) is 6.12. The van der Waals surface area contributed by atoms with Crippen LogP contribution in [0.5, 0.6) is 0 Å². The number of nitrogens with zero attached hydrogens (tertiary/aromatic N) is 3. The monoisotopic (exact) mass is 549 g/mol. The lowest BCUT2D eigenvalue weighted by atomic mass is 9.97. The summed E-state index contributed by atoms with van der Waals surface area (Å²) >= 11 is 0. The van der Waals surface area contributed by atoms with Gasteiger partial charge in [-0.1, -0.05) is 133 Å². The Morgan fingerprint density at radius 1 is 0.395 bits per heavy atom. The van der Waals surface area contributed by atoms with Gasteiger partial charge in [0.25, 0.3) is 0 Å². The van der Waals surface area contributed by atoms with E-state index >= 15 is 0 Å². The van der Waals surface area contributed by atoms with Crippen molar-refractivity contribution in [3.63, 3.8) is 0 Å². The van der Waals surface area contributed by atoms with Crippen molar-refractivity contribution in [3.05, 3.63) is 164 Å². The minimum Gasteiger partial charge on any atom is -0.309 e. The van der Waals surface area contributed by atoms with Crippen molar-refractivity contribution in [2.24, 2.45) is 0 Å². The molecule has 0 aliphatic heterocycles. The first kappa shape index (κ1) is 25.0. The Balaban J connectivity index is 1.26. The molecule has 0 aliphatic carbocycles. The summed E-state index contributed by atoms with van der Waals surface area (Å²) in [6, 6.07) is 57.2. The molecule has 0 bridgehead atoms. The van der Waals surface area contributed by atoms with Crippen molar-refractivity contribution in [2.45, 2.75) is 0 Å². The van der Waals surface area contributed by atoms with Gasteiger partial charge in [0.05, 0.1) is 22.4 Å². The summed E-state index contributed by atoms with van der Waals surface area (Å²) in [6.45, 7) is 0. The standard InChI is InChI=1S/C40H27N3/c1-4-13-29(14-5-1)35-27-36(42-40(41-35)31-15-6-2-7-16-31)30-25-23-28(24-26-30)33-20-12-22-38-39(33)34-19-10-11-21-37(34)43(38)32-17-8-3-9-18-32/h1-27H. The first-order valence-electron chi connectivity index (χ1n) is 14.5. The summed E-state index contributed by atoms with van der Waals surface area (Å²) in [7, 11) is 0. The molecule has 8 rings (SSSR count). The van der Waals surface area contributed by atoms with E-state index in [-0.39, 0.29) is 0 Å². The maximum atomic E-state index is 5.02. The molecule has 0 fully saturated rings. The molecule has 0 amide bonds. The molecule has 202 valence electrons. The Morgan fingerprint density at radius 2 is 0.930 bits per heavy atom. The normalized spacial score (nSPS) is 11.3. The highest BCUT2D eigenvalue weighted by atomic mass is 15.0. The van der Waals surface area contributed by atoms with Crippen molar-refractivity contribution in [1.82, 2.24) is 14.5 Å². The molecule has 2 heterocycles. The summed E-state index contributed by atoms with van der Waals surface area (Å²) in [4.78, 5) is 9.96. The van der Waals surface area contributed by atoms with Crippen molar-refractivity contribution >= 4 is 21.8 Å². The van der Waals surface area contributed by atoms with Crippen molar-refractivity contribution < 1.29 is 0 Å². The lowest BCUT2D eigenvalue weighted by Crippen LogP contribution is -1.95. The predicted molar refractivity (Wildman–Crippen MR) is 178 cm³/mol. The number of fused-ring (bicyclic) bond motifs is 3. The summed E-state index contributed by atoms with van der Waals surface area (Å²) in [5.41, 5.74) is 10.9. The third kappa shape index (κ3) is 4.48. The molecular formula is C40H27N3. The summed E-state index contributed by atoms with van der Waals surface area (Å²) in [5.74, 6) is 0.722. The van der Waals surface area contributed by atoms with Gasteiger partial charge in [-0.3, -0.25) is 0 Å². The van der Waals surface area contributed by atoms with Gasteiger partial charge in [-0.15, -0.1) is 0 Å². The highest BCUT2D eigenvalue weighted by molar-refractivity contribution is 6.15. The maximum Gasteiger partial charge on any atom is 0.160 e. The van der Waals surface area contributed by atoms with Gasteiger partial charge in [0.1, 0.15) is 0 Å². The molecule has 0 N–H and O–H groups in total. The minimum absolute atomic E-state index is 0.722. The van der Waals surface area contributed by atoms with Crippen LogP contribution in [0.2, 0.25) is 0 Å². The van der Waals surface area contributed by atoms with E-state index < -0.39 is 0 Å². The molecular weight excluding hydrogens is 522 g/mol. The van der Waals surface area contributed by atoms with Crippen molar-refractivity contribution in [2.75, 3.05) is 0 Å². The molecule has 0 saturated carbocycles. The van der Waals surface area contributed by atoms with E-state index in [2.05, 4.69) is 132 Å². The van der Waals surface area contributed by atoms with Crippen LogP contribution in [0.15, 0.2) is 164 Å². The van der Waals surface area contributed by atoms with Crippen LogP contribution in [0.25, 0.3) is 72.5 Å². The van der Waals surface area contributed by atoms with E-state index in [9.17, 15) is 0 Å². The quantitative estimate of drug-likeness (QED) is 0.214. The Morgan fingerprint density at radius 3 is 1.63 bits per heavy atom. The molecule has 0 aliphatic rings. The van der Waals surface area contributed by atoms with E-state index in [0.29, 0.717) is 0 Å². The largest absolute Gasteiger partial charge is 0.309 e. The lowest BCUT2D eigenvalue weighted by molar-refractivity contribution is 1.18. The number of para-hydroxylation sites is 2.